The maximum atomic E-state index is 13.3. The first kappa shape index (κ1) is 15.1. The van der Waals surface area contributed by atoms with E-state index in [1.54, 1.807) is 13.2 Å². The Labute approximate surface area is 107 Å². The van der Waals surface area contributed by atoms with Crippen molar-refractivity contribution in [2.75, 3.05) is 26.8 Å². The van der Waals surface area contributed by atoms with Gasteiger partial charge in [-0.25, -0.2) is 4.39 Å². The molecular formula is C12H19BFNO3. The lowest BCUT2D eigenvalue weighted by Crippen LogP contribution is -2.34. The van der Waals surface area contributed by atoms with Gasteiger partial charge in [-0.15, -0.1) is 0 Å². The lowest BCUT2D eigenvalue weighted by atomic mass is 9.79. The number of rotatable bonds is 7. The summed E-state index contributed by atoms with van der Waals surface area (Å²) < 4.78 is 18.3. The first-order chi connectivity index (χ1) is 8.58. The summed E-state index contributed by atoms with van der Waals surface area (Å²) in [6.07, 6.45) is 0. The molecule has 0 atom stereocenters. The van der Waals surface area contributed by atoms with Crippen LogP contribution in [0.15, 0.2) is 18.2 Å². The summed E-state index contributed by atoms with van der Waals surface area (Å²) in [7, 11) is -0.134. The Kier molecular flexibility index (Phi) is 6.28. The van der Waals surface area contributed by atoms with Gasteiger partial charge in [-0.2, -0.15) is 0 Å². The smallest absolute Gasteiger partial charge is 0.423 e. The zero-order valence-electron chi connectivity index (χ0n) is 10.8. The highest BCUT2D eigenvalue weighted by atomic mass is 19.1. The summed E-state index contributed by atoms with van der Waals surface area (Å²) in [4.78, 5) is 2.13. The second-order valence-corrected chi connectivity index (χ2v) is 4.09. The number of methoxy groups -OCH3 is 1. The number of halogens is 1. The Balaban J connectivity index is 2.74. The minimum Gasteiger partial charge on any atom is -0.423 e. The molecule has 18 heavy (non-hydrogen) atoms. The standard InChI is InChI=1S/C12H19BFNO3/c1-3-15(6-7-18-2)9-10-4-5-12(14)11(8-10)13(16)17/h4-5,8,16-17H,3,6-7,9H2,1-2H3. The maximum Gasteiger partial charge on any atom is 0.491 e. The van der Waals surface area contributed by atoms with Crippen LogP contribution in [0.5, 0.6) is 0 Å². The number of likely N-dealkylation sites (N-methyl/N-ethyl adjacent to an activating group) is 1. The molecular weight excluding hydrogens is 236 g/mol. The Morgan fingerprint density at radius 1 is 1.39 bits per heavy atom. The lowest BCUT2D eigenvalue weighted by Gasteiger charge is -2.20. The normalized spacial score (nSPS) is 11.0. The molecule has 6 heteroatoms. The Morgan fingerprint density at radius 3 is 2.67 bits per heavy atom. The molecule has 100 valence electrons. The number of nitrogens with zero attached hydrogens (tertiary/aromatic N) is 1. The predicted molar refractivity (Wildman–Crippen MR) is 69.1 cm³/mol. The summed E-state index contributed by atoms with van der Waals surface area (Å²) in [5.74, 6) is -0.603. The highest BCUT2D eigenvalue weighted by Crippen LogP contribution is 2.05. The minimum absolute atomic E-state index is 0.0877. The van der Waals surface area contributed by atoms with Gasteiger partial charge in [0.25, 0.3) is 0 Å². The molecule has 0 amide bonds. The fourth-order valence-electron chi connectivity index (χ4n) is 1.72. The third-order valence-electron chi connectivity index (χ3n) is 2.80. The molecule has 0 aliphatic rings. The largest absolute Gasteiger partial charge is 0.491 e. The Bertz CT molecular complexity index is 376. The number of hydrogen-bond acceptors (Lipinski definition) is 4. The van der Waals surface area contributed by atoms with Crippen LogP contribution in [0.4, 0.5) is 4.39 Å². The summed E-state index contributed by atoms with van der Waals surface area (Å²) in [6, 6.07) is 4.39. The van der Waals surface area contributed by atoms with Crippen molar-refractivity contribution in [3.8, 4) is 0 Å². The molecule has 0 unspecified atom stereocenters. The van der Waals surface area contributed by atoms with Gasteiger partial charge >= 0.3 is 7.12 Å². The molecule has 1 aromatic carbocycles. The molecule has 0 radical (unpaired) electrons. The number of hydrogen-bond donors (Lipinski definition) is 2. The third kappa shape index (κ3) is 4.38. The monoisotopic (exact) mass is 255 g/mol. The molecule has 0 saturated carbocycles. The molecule has 0 fully saturated rings. The Morgan fingerprint density at radius 2 is 2.11 bits per heavy atom. The van der Waals surface area contributed by atoms with Crippen LogP contribution in [0.3, 0.4) is 0 Å². The van der Waals surface area contributed by atoms with Crippen molar-refractivity contribution in [2.45, 2.75) is 13.5 Å². The van der Waals surface area contributed by atoms with Gasteiger partial charge in [0.15, 0.2) is 0 Å². The zero-order chi connectivity index (χ0) is 13.5. The van der Waals surface area contributed by atoms with Gasteiger partial charge in [-0.05, 0) is 18.2 Å². The first-order valence-electron chi connectivity index (χ1n) is 5.94. The van der Waals surface area contributed by atoms with E-state index in [-0.39, 0.29) is 5.46 Å². The van der Waals surface area contributed by atoms with Gasteiger partial charge < -0.3 is 14.8 Å². The molecule has 2 N–H and O–H groups in total. The molecule has 0 heterocycles. The highest BCUT2D eigenvalue weighted by molar-refractivity contribution is 6.58. The third-order valence-corrected chi connectivity index (χ3v) is 2.80. The maximum absolute atomic E-state index is 13.3. The SMILES string of the molecule is CCN(CCOC)Cc1ccc(F)c(B(O)O)c1. The van der Waals surface area contributed by atoms with E-state index >= 15 is 0 Å². The first-order valence-corrected chi connectivity index (χ1v) is 5.94. The molecule has 1 rings (SSSR count). The quantitative estimate of drug-likeness (QED) is 0.672. The summed E-state index contributed by atoms with van der Waals surface area (Å²) in [5, 5.41) is 18.1. The molecule has 0 aromatic heterocycles. The van der Waals surface area contributed by atoms with E-state index in [2.05, 4.69) is 4.90 Å². The van der Waals surface area contributed by atoms with E-state index in [4.69, 9.17) is 14.8 Å². The van der Waals surface area contributed by atoms with E-state index in [9.17, 15) is 4.39 Å². The van der Waals surface area contributed by atoms with E-state index in [0.29, 0.717) is 13.2 Å². The Hall–Kier alpha value is -0.945. The highest BCUT2D eigenvalue weighted by Gasteiger charge is 2.17. The molecule has 0 aliphatic heterocycles. The second-order valence-electron chi connectivity index (χ2n) is 4.09. The van der Waals surface area contributed by atoms with Crippen LogP contribution in [0.1, 0.15) is 12.5 Å². The van der Waals surface area contributed by atoms with Gasteiger partial charge in [-0.3, -0.25) is 4.90 Å². The van der Waals surface area contributed by atoms with Crippen LogP contribution in [0, 0.1) is 5.82 Å². The van der Waals surface area contributed by atoms with Gasteiger partial charge in [0, 0.05) is 25.7 Å². The van der Waals surface area contributed by atoms with Crippen molar-refractivity contribution in [3.05, 3.63) is 29.6 Å². The molecule has 1 aromatic rings. The van der Waals surface area contributed by atoms with E-state index in [1.807, 2.05) is 6.92 Å². The van der Waals surface area contributed by atoms with Crippen molar-refractivity contribution in [1.29, 1.82) is 0 Å². The zero-order valence-corrected chi connectivity index (χ0v) is 10.8. The van der Waals surface area contributed by atoms with Crippen LogP contribution < -0.4 is 5.46 Å². The van der Waals surface area contributed by atoms with Crippen LogP contribution in [-0.2, 0) is 11.3 Å². The van der Waals surface area contributed by atoms with Crippen LogP contribution >= 0.6 is 0 Å². The van der Waals surface area contributed by atoms with Crippen molar-refractivity contribution in [1.82, 2.24) is 4.90 Å². The van der Waals surface area contributed by atoms with Crippen LogP contribution in [-0.4, -0.2) is 48.9 Å². The number of ether oxygens (including phenoxy) is 1. The number of benzene rings is 1. The second kappa shape index (κ2) is 7.48. The van der Waals surface area contributed by atoms with E-state index in [0.717, 1.165) is 18.7 Å². The van der Waals surface area contributed by atoms with Crippen LogP contribution in [0.2, 0.25) is 0 Å². The molecule has 0 bridgehead atoms. The average Bonchev–Trinajstić information content (AvgIpc) is 2.36. The van der Waals surface area contributed by atoms with Crippen LogP contribution in [0.25, 0.3) is 0 Å². The average molecular weight is 255 g/mol. The summed E-state index contributed by atoms with van der Waals surface area (Å²) >= 11 is 0. The fourth-order valence-corrected chi connectivity index (χ4v) is 1.72. The fraction of sp³-hybridized carbons (Fsp3) is 0.500. The van der Waals surface area contributed by atoms with Crippen molar-refractivity contribution < 1.29 is 19.2 Å². The molecule has 4 nitrogen and oxygen atoms in total. The van der Waals surface area contributed by atoms with Crippen molar-refractivity contribution in [3.63, 3.8) is 0 Å². The lowest BCUT2D eigenvalue weighted by molar-refractivity contribution is 0.147. The van der Waals surface area contributed by atoms with Gasteiger partial charge in [-0.1, -0.05) is 19.1 Å². The van der Waals surface area contributed by atoms with E-state index in [1.165, 1.54) is 12.1 Å². The summed E-state index contributed by atoms with van der Waals surface area (Å²) in [5.41, 5.74) is 0.757. The van der Waals surface area contributed by atoms with Gasteiger partial charge in [0.05, 0.1) is 6.61 Å². The summed E-state index contributed by atoms with van der Waals surface area (Å²) in [6.45, 7) is 4.91. The van der Waals surface area contributed by atoms with Gasteiger partial charge in [0.1, 0.15) is 5.82 Å². The predicted octanol–water partition coefficient (Wildman–Crippen LogP) is -0.0262. The minimum atomic E-state index is -1.78. The molecule has 0 aliphatic carbocycles. The van der Waals surface area contributed by atoms with Crippen molar-refractivity contribution >= 4 is 12.6 Å². The van der Waals surface area contributed by atoms with Gasteiger partial charge in [0.2, 0.25) is 0 Å². The molecule has 0 saturated heterocycles. The van der Waals surface area contributed by atoms with Crippen molar-refractivity contribution in [2.24, 2.45) is 0 Å². The van der Waals surface area contributed by atoms with E-state index < -0.39 is 12.9 Å². The topological polar surface area (TPSA) is 52.9 Å². The molecule has 0 spiro atoms.